The highest BCUT2D eigenvalue weighted by Crippen LogP contribution is 2.28. The molecule has 3 heteroatoms. The molecular weight excluding hydrogens is 176 g/mol. The second-order valence-electron chi connectivity index (χ2n) is 3.55. The highest BCUT2D eigenvalue weighted by molar-refractivity contribution is 5.96. The maximum Gasteiger partial charge on any atom is 0.227 e. The average Bonchev–Trinajstić information content (AvgIpc) is 2.23. The summed E-state index contributed by atoms with van der Waals surface area (Å²) in [7, 11) is 3.73. The Morgan fingerprint density at radius 1 is 1.36 bits per heavy atom. The van der Waals surface area contributed by atoms with Crippen LogP contribution in [0.3, 0.4) is 0 Å². The molecule has 1 aliphatic heterocycles. The maximum absolute atomic E-state index is 11.4. The van der Waals surface area contributed by atoms with E-state index in [2.05, 4.69) is 11.4 Å². The van der Waals surface area contributed by atoms with E-state index < -0.39 is 0 Å². The number of rotatable bonds is 1. The second-order valence-corrected chi connectivity index (χ2v) is 3.55. The number of benzene rings is 1. The third-order valence-corrected chi connectivity index (χ3v) is 2.71. The lowest BCUT2D eigenvalue weighted by Gasteiger charge is -2.26. The van der Waals surface area contributed by atoms with Crippen LogP contribution in [0.5, 0.6) is 0 Å². The fourth-order valence-electron chi connectivity index (χ4n) is 1.81. The van der Waals surface area contributed by atoms with Crippen LogP contribution in [0.4, 0.5) is 11.4 Å². The zero-order valence-electron chi connectivity index (χ0n) is 8.50. The summed E-state index contributed by atoms with van der Waals surface area (Å²) in [5, 5.41) is 3.10. The van der Waals surface area contributed by atoms with E-state index in [4.69, 9.17) is 0 Å². The van der Waals surface area contributed by atoms with Crippen molar-refractivity contribution in [3.8, 4) is 0 Å². The summed E-state index contributed by atoms with van der Waals surface area (Å²) in [5.41, 5.74) is 3.39. The monoisotopic (exact) mass is 190 g/mol. The molecule has 0 aromatic heterocycles. The first-order chi connectivity index (χ1) is 6.72. The molecule has 0 fully saturated rings. The Morgan fingerprint density at radius 3 is 2.86 bits per heavy atom. The number of nitrogens with zero attached hydrogens (tertiary/aromatic N) is 1. The van der Waals surface area contributed by atoms with Crippen LogP contribution < -0.4 is 10.2 Å². The van der Waals surface area contributed by atoms with Gasteiger partial charge in [0, 0.05) is 31.9 Å². The van der Waals surface area contributed by atoms with Gasteiger partial charge in [0.1, 0.15) is 0 Å². The highest BCUT2D eigenvalue weighted by Gasteiger charge is 2.20. The molecule has 1 N–H and O–H groups in total. The molecule has 0 saturated carbocycles. The SMILES string of the molecule is CNc1ccc2c(c1)CCC(=O)N2C. The largest absolute Gasteiger partial charge is 0.388 e. The van der Waals surface area contributed by atoms with Crippen molar-refractivity contribution in [3.05, 3.63) is 23.8 Å². The number of hydrogen-bond donors (Lipinski definition) is 1. The van der Waals surface area contributed by atoms with Crippen molar-refractivity contribution in [2.75, 3.05) is 24.3 Å². The van der Waals surface area contributed by atoms with Crippen LogP contribution in [0.2, 0.25) is 0 Å². The van der Waals surface area contributed by atoms with Gasteiger partial charge in [-0.15, -0.1) is 0 Å². The molecule has 14 heavy (non-hydrogen) atoms. The van der Waals surface area contributed by atoms with Crippen molar-refractivity contribution in [1.29, 1.82) is 0 Å². The van der Waals surface area contributed by atoms with E-state index in [1.807, 2.05) is 26.2 Å². The van der Waals surface area contributed by atoms with Gasteiger partial charge in [0.2, 0.25) is 5.91 Å². The Bertz CT molecular complexity index is 374. The zero-order valence-corrected chi connectivity index (χ0v) is 8.50. The van der Waals surface area contributed by atoms with Gasteiger partial charge in [-0.3, -0.25) is 4.79 Å². The lowest BCUT2D eigenvalue weighted by molar-refractivity contribution is -0.118. The number of anilines is 2. The van der Waals surface area contributed by atoms with E-state index in [-0.39, 0.29) is 5.91 Å². The fourth-order valence-corrected chi connectivity index (χ4v) is 1.81. The van der Waals surface area contributed by atoms with E-state index >= 15 is 0 Å². The van der Waals surface area contributed by atoms with Gasteiger partial charge >= 0.3 is 0 Å². The second kappa shape index (κ2) is 3.33. The van der Waals surface area contributed by atoms with Crippen LogP contribution in [0, 0.1) is 0 Å². The van der Waals surface area contributed by atoms with Gasteiger partial charge in [0.25, 0.3) is 0 Å². The molecule has 1 aliphatic rings. The smallest absolute Gasteiger partial charge is 0.227 e. The minimum Gasteiger partial charge on any atom is -0.388 e. The molecular formula is C11H14N2O. The summed E-state index contributed by atoms with van der Waals surface area (Å²) in [5.74, 6) is 0.203. The molecule has 0 saturated heterocycles. The van der Waals surface area contributed by atoms with Crippen LogP contribution in [-0.2, 0) is 11.2 Å². The van der Waals surface area contributed by atoms with Gasteiger partial charge in [0.05, 0.1) is 0 Å². The van der Waals surface area contributed by atoms with Crippen LogP contribution in [0.25, 0.3) is 0 Å². The predicted molar refractivity (Wildman–Crippen MR) is 57.7 cm³/mol. The number of carbonyl (C=O) groups is 1. The Balaban J connectivity index is 2.43. The summed E-state index contributed by atoms with van der Waals surface area (Å²) in [6, 6.07) is 6.10. The third-order valence-electron chi connectivity index (χ3n) is 2.71. The van der Waals surface area contributed by atoms with E-state index in [9.17, 15) is 4.79 Å². The predicted octanol–water partition coefficient (Wildman–Crippen LogP) is 1.64. The third kappa shape index (κ3) is 1.35. The summed E-state index contributed by atoms with van der Waals surface area (Å²) < 4.78 is 0. The zero-order chi connectivity index (χ0) is 10.1. The van der Waals surface area contributed by atoms with Gasteiger partial charge in [0.15, 0.2) is 0 Å². The molecule has 74 valence electrons. The standard InChI is InChI=1S/C11H14N2O/c1-12-9-4-5-10-8(7-9)3-6-11(14)13(10)2/h4-5,7,12H,3,6H2,1-2H3. The van der Waals surface area contributed by atoms with Gasteiger partial charge in [-0.25, -0.2) is 0 Å². The molecule has 1 aromatic carbocycles. The van der Waals surface area contributed by atoms with Crippen LogP contribution >= 0.6 is 0 Å². The Labute approximate surface area is 83.7 Å². The summed E-state index contributed by atoms with van der Waals surface area (Å²) in [6.45, 7) is 0. The number of aryl methyl sites for hydroxylation is 1. The average molecular weight is 190 g/mol. The van der Waals surface area contributed by atoms with Gasteiger partial charge in [-0.2, -0.15) is 0 Å². The first-order valence-electron chi connectivity index (χ1n) is 4.79. The molecule has 0 spiro atoms. The normalized spacial score (nSPS) is 15.3. The molecule has 0 unspecified atom stereocenters. The Morgan fingerprint density at radius 2 is 2.14 bits per heavy atom. The van der Waals surface area contributed by atoms with Gasteiger partial charge in [-0.1, -0.05) is 0 Å². The number of hydrogen-bond acceptors (Lipinski definition) is 2. The summed E-state index contributed by atoms with van der Waals surface area (Å²) in [4.78, 5) is 13.2. The van der Waals surface area contributed by atoms with Crippen molar-refractivity contribution in [1.82, 2.24) is 0 Å². The first kappa shape index (κ1) is 9.06. The van der Waals surface area contributed by atoms with E-state index in [1.54, 1.807) is 4.90 Å². The summed E-state index contributed by atoms with van der Waals surface area (Å²) >= 11 is 0. The topological polar surface area (TPSA) is 32.3 Å². The lowest BCUT2D eigenvalue weighted by atomic mass is 10.0. The van der Waals surface area contributed by atoms with E-state index in [0.29, 0.717) is 6.42 Å². The molecule has 1 heterocycles. The van der Waals surface area contributed by atoms with E-state index in [0.717, 1.165) is 17.8 Å². The van der Waals surface area contributed by atoms with E-state index in [1.165, 1.54) is 5.56 Å². The van der Waals surface area contributed by atoms with Crippen LogP contribution in [0.15, 0.2) is 18.2 Å². The fraction of sp³-hybridized carbons (Fsp3) is 0.364. The molecule has 1 amide bonds. The first-order valence-corrected chi connectivity index (χ1v) is 4.79. The Kier molecular flexibility index (Phi) is 2.15. The number of carbonyl (C=O) groups excluding carboxylic acids is 1. The van der Waals surface area contributed by atoms with Crippen molar-refractivity contribution in [2.45, 2.75) is 12.8 Å². The van der Waals surface area contributed by atoms with Gasteiger partial charge < -0.3 is 10.2 Å². The Hall–Kier alpha value is -1.51. The molecule has 2 rings (SSSR count). The molecule has 0 atom stereocenters. The number of fused-ring (bicyclic) bond motifs is 1. The van der Waals surface area contributed by atoms with Crippen LogP contribution in [-0.4, -0.2) is 20.0 Å². The maximum atomic E-state index is 11.4. The van der Waals surface area contributed by atoms with Crippen molar-refractivity contribution < 1.29 is 4.79 Å². The number of nitrogens with one attached hydrogen (secondary N) is 1. The minimum atomic E-state index is 0.203. The van der Waals surface area contributed by atoms with Crippen molar-refractivity contribution >= 4 is 17.3 Å². The lowest BCUT2D eigenvalue weighted by Crippen LogP contribution is -2.30. The minimum absolute atomic E-state index is 0.203. The quantitative estimate of drug-likeness (QED) is 0.730. The highest BCUT2D eigenvalue weighted by atomic mass is 16.2. The molecule has 1 aromatic rings. The van der Waals surface area contributed by atoms with Crippen molar-refractivity contribution in [2.24, 2.45) is 0 Å². The molecule has 0 aliphatic carbocycles. The van der Waals surface area contributed by atoms with Gasteiger partial charge in [-0.05, 0) is 30.2 Å². The number of amides is 1. The molecule has 0 radical (unpaired) electrons. The molecule has 0 bridgehead atoms. The molecule has 3 nitrogen and oxygen atoms in total. The van der Waals surface area contributed by atoms with Crippen molar-refractivity contribution in [3.63, 3.8) is 0 Å². The van der Waals surface area contributed by atoms with Crippen LogP contribution in [0.1, 0.15) is 12.0 Å². The summed E-state index contributed by atoms with van der Waals surface area (Å²) in [6.07, 6.45) is 1.48.